The van der Waals surface area contributed by atoms with E-state index in [1.54, 1.807) is 5.51 Å². The maximum absolute atomic E-state index is 7.61. The number of nitrogen functional groups attached to an aromatic ring is 1. The zero-order chi connectivity index (χ0) is 12.4. The molecule has 2 heterocycles. The fourth-order valence-electron chi connectivity index (χ4n) is 1.27. The highest BCUT2D eigenvalue weighted by atomic mass is 32.2. The van der Waals surface area contributed by atoms with Gasteiger partial charge in [0.25, 0.3) is 0 Å². The van der Waals surface area contributed by atoms with E-state index in [4.69, 9.17) is 11.1 Å². The van der Waals surface area contributed by atoms with Gasteiger partial charge in [0.15, 0.2) is 4.34 Å². The first-order valence-electron chi connectivity index (χ1n) is 4.72. The van der Waals surface area contributed by atoms with Crippen molar-refractivity contribution >= 4 is 28.9 Å². The highest BCUT2D eigenvalue weighted by molar-refractivity contribution is 8.01. The molecular formula is C9H10N6S2. The quantitative estimate of drug-likeness (QED) is 0.643. The van der Waals surface area contributed by atoms with Crippen LogP contribution in [0.15, 0.2) is 14.9 Å². The number of hydrogen-bond acceptors (Lipinski definition) is 7. The van der Waals surface area contributed by atoms with Crippen LogP contribution >= 0.6 is 23.1 Å². The third kappa shape index (κ3) is 2.42. The molecule has 0 saturated carbocycles. The Kier molecular flexibility index (Phi) is 3.34. The summed E-state index contributed by atoms with van der Waals surface area (Å²) in [7, 11) is 0. The Labute approximate surface area is 106 Å². The molecule has 2 rings (SSSR count). The number of nitrogens with zero attached hydrogens (tertiary/aromatic N) is 4. The Bertz CT molecular complexity index is 551. The molecule has 6 nitrogen and oxygen atoms in total. The van der Waals surface area contributed by atoms with Crippen LogP contribution in [0.3, 0.4) is 0 Å². The van der Waals surface area contributed by atoms with Crippen LogP contribution in [0.25, 0.3) is 0 Å². The standard InChI is InChI=1S/C9H10N6S2/c1-4-5(2)13-14-8(6(4)7(10)11)17-9-15-12-3-16-9/h3H,1-2H3,(H3,10,11). The van der Waals surface area contributed by atoms with Crippen LogP contribution in [0.5, 0.6) is 0 Å². The summed E-state index contributed by atoms with van der Waals surface area (Å²) in [5, 5.41) is 24.0. The fraction of sp³-hybridized carbons (Fsp3) is 0.222. The number of nitrogens with one attached hydrogen (secondary N) is 1. The molecular weight excluding hydrogens is 256 g/mol. The van der Waals surface area contributed by atoms with Crippen molar-refractivity contribution in [2.45, 2.75) is 23.2 Å². The van der Waals surface area contributed by atoms with E-state index in [1.165, 1.54) is 23.1 Å². The molecule has 0 aliphatic heterocycles. The third-order valence-electron chi connectivity index (χ3n) is 2.22. The van der Waals surface area contributed by atoms with E-state index >= 15 is 0 Å². The first-order valence-corrected chi connectivity index (χ1v) is 6.41. The van der Waals surface area contributed by atoms with E-state index in [2.05, 4.69) is 20.4 Å². The maximum atomic E-state index is 7.61. The Balaban J connectivity index is 2.47. The summed E-state index contributed by atoms with van der Waals surface area (Å²) in [4.78, 5) is 0. The highest BCUT2D eigenvalue weighted by Gasteiger charge is 2.15. The molecule has 0 aromatic carbocycles. The van der Waals surface area contributed by atoms with Crippen LogP contribution in [0.4, 0.5) is 0 Å². The normalized spacial score (nSPS) is 10.5. The van der Waals surface area contributed by atoms with Gasteiger partial charge in [-0.1, -0.05) is 11.3 Å². The Morgan fingerprint density at radius 2 is 2.12 bits per heavy atom. The lowest BCUT2D eigenvalue weighted by Crippen LogP contribution is -2.16. The number of amidine groups is 1. The highest BCUT2D eigenvalue weighted by Crippen LogP contribution is 2.30. The predicted molar refractivity (Wildman–Crippen MR) is 66.6 cm³/mol. The van der Waals surface area contributed by atoms with Gasteiger partial charge in [-0.3, -0.25) is 5.41 Å². The molecule has 88 valence electrons. The lowest BCUT2D eigenvalue weighted by molar-refractivity contribution is 0.870. The summed E-state index contributed by atoms with van der Waals surface area (Å²) >= 11 is 2.73. The van der Waals surface area contributed by atoms with Crippen molar-refractivity contribution in [1.29, 1.82) is 5.41 Å². The van der Waals surface area contributed by atoms with E-state index < -0.39 is 0 Å². The second kappa shape index (κ2) is 4.76. The zero-order valence-electron chi connectivity index (χ0n) is 9.26. The molecule has 0 saturated heterocycles. The molecule has 0 radical (unpaired) electrons. The largest absolute Gasteiger partial charge is 0.384 e. The lowest BCUT2D eigenvalue weighted by Gasteiger charge is -2.09. The first-order chi connectivity index (χ1) is 8.09. The van der Waals surface area contributed by atoms with E-state index in [-0.39, 0.29) is 5.84 Å². The molecule has 2 aromatic heterocycles. The average molecular weight is 266 g/mol. The van der Waals surface area contributed by atoms with Crippen molar-refractivity contribution in [3.63, 3.8) is 0 Å². The molecule has 0 bridgehead atoms. The van der Waals surface area contributed by atoms with Gasteiger partial charge in [-0.25, -0.2) is 0 Å². The minimum Gasteiger partial charge on any atom is -0.384 e. The van der Waals surface area contributed by atoms with Gasteiger partial charge < -0.3 is 5.73 Å². The Hall–Kier alpha value is -1.54. The van der Waals surface area contributed by atoms with Crippen LogP contribution in [-0.4, -0.2) is 26.2 Å². The van der Waals surface area contributed by atoms with Gasteiger partial charge in [-0.05, 0) is 31.2 Å². The lowest BCUT2D eigenvalue weighted by atomic mass is 10.1. The van der Waals surface area contributed by atoms with Crippen molar-refractivity contribution in [3.05, 3.63) is 22.3 Å². The number of nitrogens with two attached hydrogens (primary N) is 1. The molecule has 3 N–H and O–H groups in total. The molecule has 0 unspecified atom stereocenters. The second-order valence-electron chi connectivity index (χ2n) is 3.31. The Morgan fingerprint density at radius 1 is 1.35 bits per heavy atom. The molecule has 0 atom stereocenters. The minimum atomic E-state index is -0.00693. The second-order valence-corrected chi connectivity index (χ2v) is 5.38. The zero-order valence-corrected chi connectivity index (χ0v) is 10.9. The summed E-state index contributed by atoms with van der Waals surface area (Å²) in [6.45, 7) is 3.72. The van der Waals surface area contributed by atoms with Gasteiger partial charge in [0, 0.05) is 0 Å². The van der Waals surface area contributed by atoms with Gasteiger partial charge in [-0.15, -0.1) is 15.3 Å². The molecule has 0 aliphatic carbocycles. The monoisotopic (exact) mass is 266 g/mol. The van der Waals surface area contributed by atoms with E-state index in [9.17, 15) is 0 Å². The topological polar surface area (TPSA) is 101 Å². The van der Waals surface area contributed by atoms with Crippen LogP contribution in [-0.2, 0) is 0 Å². The molecule has 0 aliphatic rings. The van der Waals surface area contributed by atoms with Crippen molar-refractivity contribution in [2.24, 2.45) is 5.73 Å². The average Bonchev–Trinajstić information content (AvgIpc) is 2.76. The van der Waals surface area contributed by atoms with Crippen LogP contribution in [0.1, 0.15) is 16.8 Å². The van der Waals surface area contributed by atoms with Gasteiger partial charge in [0.2, 0.25) is 0 Å². The molecule has 0 amide bonds. The first kappa shape index (κ1) is 11.9. The van der Waals surface area contributed by atoms with Gasteiger partial charge in [0.05, 0.1) is 11.3 Å². The van der Waals surface area contributed by atoms with Crippen LogP contribution in [0.2, 0.25) is 0 Å². The van der Waals surface area contributed by atoms with E-state index in [0.29, 0.717) is 10.6 Å². The number of rotatable bonds is 3. The predicted octanol–water partition coefficient (Wildman–Crippen LogP) is 1.38. The smallest absolute Gasteiger partial charge is 0.180 e. The molecule has 17 heavy (non-hydrogen) atoms. The van der Waals surface area contributed by atoms with Crippen molar-refractivity contribution in [2.75, 3.05) is 0 Å². The van der Waals surface area contributed by atoms with Crippen LogP contribution in [0, 0.1) is 19.3 Å². The van der Waals surface area contributed by atoms with Crippen molar-refractivity contribution in [1.82, 2.24) is 20.4 Å². The van der Waals surface area contributed by atoms with E-state index in [1.807, 2.05) is 13.8 Å². The summed E-state index contributed by atoms with van der Waals surface area (Å²) in [6, 6.07) is 0. The molecule has 2 aromatic rings. The van der Waals surface area contributed by atoms with Crippen LogP contribution < -0.4 is 5.73 Å². The SMILES string of the molecule is Cc1nnc(Sc2nncs2)c(C(=N)N)c1C. The summed E-state index contributed by atoms with van der Waals surface area (Å²) in [6.07, 6.45) is 0. The van der Waals surface area contributed by atoms with Gasteiger partial charge >= 0.3 is 0 Å². The minimum absolute atomic E-state index is 0.00693. The summed E-state index contributed by atoms with van der Waals surface area (Å²) in [5.74, 6) is -0.00693. The van der Waals surface area contributed by atoms with Gasteiger partial charge in [0.1, 0.15) is 16.4 Å². The Morgan fingerprint density at radius 3 is 2.71 bits per heavy atom. The molecule has 0 fully saturated rings. The fourth-order valence-corrected chi connectivity index (χ4v) is 2.80. The third-order valence-corrected chi connectivity index (χ3v) is 3.97. The van der Waals surface area contributed by atoms with Crippen molar-refractivity contribution < 1.29 is 0 Å². The number of hydrogen-bond donors (Lipinski definition) is 2. The van der Waals surface area contributed by atoms with E-state index in [0.717, 1.165) is 15.6 Å². The molecule has 8 heteroatoms. The maximum Gasteiger partial charge on any atom is 0.180 e. The van der Waals surface area contributed by atoms with Gasteiger partial charge in [-0.2, -0.15) is 5.10 Å². The molecule has 0 spiro atoms. The number of aromatic nitrogens is 4. The summed E-state index contributed by atoms with van der Waals surface area (Å²) < 4.78 is 0.755. The summed E-state index contributed by atoms with van der Waals surface area (Å²) in [5.41, 5.74) is 9.50. The number of aryl methyl sites for hydroxylation is 1. The van der Waals surface area contributed by atoms with Crippen molar-refractivity contribution in [3.8, 4) is 0 Å².